The number of hydrogen-bond donors (Lipinski definition) is 0. The molecule has 2 aromatic rings. The molecule has 0 N–H and O–H groups in total. The van der Waals surface area contributed by atoms with Gasteiger partial charge < -0.3 is 9.47 Å². The van der Waals surface area contributed by atoms with Crippen LogP contribution in [0.3, 0.4) is 0 Å². The van der Waals surface area contributed by atoms with Crippen molar-refractivity contribution in [2.75, 3.05) is 7.11 Å². The Bertz CT molecular complexity index is 597. The monoisotopic (exact) mass is 278 g/mol. The van der Waals surface area contributed by atoms with Gasteiger partial charge in [-0.3, -0.25) is 0 Å². The summed E-state index contributed by atoms with van der Waals surface area (Å²) in [5, 5.41) is 0. The number of alkyl halides is 2. The number of hydrogen-bond acceptors (Lipinski definition) is 3. The highest BCUT2D eigenvalue weighted by molar-refractivity contribution is 5.79. The quantitative estimate of drug-likeness (QED) is 0.799. The van der Waals surface area contributed by atoms with Crippen molar-refractivity contribution in [2.45, 2.75) is 5.92 Å². The molecule has 0 unspecified atom stereocenters. The fourth-order valence-corrected chi connectivity index (χ4v) is 1.63. The highest BCUT2D eigenvalue weighted by Gasteiger charge is 2.42. The smallest absolute Gasteiger partial charge is 0.381 e. The third kappa shape index (κ3) is 2.93. The van der Waals surface area contributed by atoms with E-state index in [-0.39, 0.29) is 5.75 Å². The summed E-state index contributed by atoms with van der Waals surface area (Å²) in [5.41, 5.74) is -0.474. The molecule has 20 heavy (non-hydrogen) atoms. The number of rotatable bonds is 4. The summed E-state index contributed by atoms with van der Waals surface area (Å²) >= 11 is 0. The van der Waals surface area contributed by atoms with Crippen LogP contribution in [0, 0.1) is 0 Å². The Balaban J connectivity index is 2.26. The van der Waals surface area contributed by atoms with Crippen molar-refractivity contribution in [3.63, 3.8) is 0 Å². The highest BCUT2D eigenvalue weighted by atomic mass is 19.3. The highest BCUT2D eigenvalue weighted by Crippen LogP contribution is 2.32. The van der Waals surface area contributed by atoms with Crippen LogP contribution in [-0.4, -0.2) is 13.1 Å². The minimum Gasteiger partial charge on any atom is -0.464 e. The number of para-hydroxylation sites is 1. The van der Waals surface area contributed by atoms with E-state index < -0.39 is 17.5 Å². The Morgan fingerprint density at radius 1 is 1.00 bits per heavy atom. The van der Waals surface area contributed by atoms with Crippen molar-refractivity contribution in [3.05, 3.63) is 60.2 Å². The molecule has 0 heterocycles. The molecule has 0 amide bonds. The van der Waals surface area contributed by atoms with Crippen molar-refractivity contribution in [3.8, 4) is 11.5 Å². The van der Waals surface area contributed by atoms with E-state index in [9.17, 15) is 13.6 Å². The van der Waals surface area contributed by atoms with Gasteiger partial charge in [0.05, 0.1) is 7.11 Å². The van der Waals surface area contributed by atoms with Crippen LogP contribution in [0.25, 0.3) is 0 Å². The van der Waals surface area contributed by atoms with Crippen molar-refractivity contribution in [2.24, 2.45) is 0 Å². The molecule has 0 aliphatic heterocycles. The second-order valence-electron chi connectivity index (χ2n) is 4.01. The molecule has 0 fully saturated rings. The van der Waals surface area contributed by atoms with Crippen LogP contribution in [0.5, 0.6) is 11.5 Å². The summed E-state index contributed by atoms with van der Waals surface area (Å²) < 4.78 is 37.0. The molecule has 0 aromatic heterocycles. The van der Waals surface area contributed by atoms with Crippen molar-refractivity contribution >= 4 is 5.97 Å². The molecular weight excluding hydrogens is 266 g/mol. The minimum absolute atomic E-state index is 0.220. The third-order valence-electron chi connectivity index (χ3n) is 2.62. The van der Waals surface area contributed by atoms with Crippen LogP contribution in [-0.2, 0) is 15.5 Å². The third-order valence-corrected chi connectivity index (χ3v) is 2.62. The van der Waals surface area contributed by atoms with Gasteiger partial charge in [-0.25, -0.2) is 4.79 Å². The van der Waals surface area contributed by atoms with Gasteiger partial charge in [0, 0.05) is 5.56 Å². The first-order valence-corrected chi connectivity index (χ1v) is 5.83. The first-order valence-electron chi connectivity index (χ1n) is 5.83. The summed E-state index contributed by atoms with van der Waals surface area (Å²) in [6, 6.07) is 13.9. The molecule has 0 aliphatic carbocycles. The van der Waals surface area contributed by atoms with E-state index in [1.54, 1.807) is 24.3 Å². The van der Waals surface area contributed by atoms with E-state index in [1.807, 2.05) is 6.07 Å². The van der Waals surface area contributed by atoms with Gasteiger partial charge in [0.2, 0.25) is 0 Å². The summed E-state index contributed by atoms with van der Waals surface area (Å²) in [5.74, 6) is -4.57. The van der Waals surface area contributed by atoms with Crippen LogP contribution in [0.1, 0.15) is 5.56 Å². The van der Waals surface area contributed by atoms with Crippen molar-refractivity contribution < 1.29 is 23.0 Å². The second-order valence-corrected chi connectivity index (χ2v) is 4.01. The van der Waals surface area contributed by atoms with Gasteiger partial charge >= 0.3 is 11.9 Å². The summed E-state index contributed by atoms with van der Waals surface area (Å²) in [4.78, 5) is 11.1. The molecular formula is C15H12F2O3. The van der Waals surface area contributed by atoms with Crippen LogP contribution in [0.4, 0.5) is 8.78 Å². The molecule has 0 saturated carbocycles. The van der Waals surface area contributed by atoms with Gasteiger partial charge in [0.1, 0.15) is 11.5 Å². The van der Waals surface area contributed by atoms with Crippen molar-refractivity contribution in [1.29, 1.82) is 0 Å². The molecule has 0 radical (unpaired) electrons. The standard InChI is InChI=1S/C15H12F2O3/c1-19-14(18)15(16,17)11-6-5-9-13(10-11)20-12-7-3-2-4-8-12/h2-10H,1H3. The van der Waals surface area contributed by atoms with Crippen LogP contribution in [0.2, 0.25) is 0 Å². The number of methoxy groups -OCH3 is 1. The number of benzene rings is 2. The fraction of sp³-hybridized carbons (Fsp3) is 0.133. The van der Waals surface area contributed by atoms with E-state index in [4.69, 9.17) is 4.74 Å². The van der Waals surface area contributed by atoms with Crippen LogP contribution < -0.4 is 4.74 Å². The lowest BCUT2D eigenvalue weighted by Gasteiger charge is -2.15. The number of esters is 1. The molecule has 0 aliphatic rings. The largest absolute Gasteiger partial charge is 0.464 e. The number of ether oxygens (including phenoxy) is 2. The summed E-state index contributed by atoms with van der Waals surface area (Å²) in [6.45, 7) is 0. The second kappa shape index (κ2) is 5.69. The lowest BCUT2D eigenvalue weighted by Crippen LogP contribution is -2.27. The zero-order valence-electron chi connectivity index (χ0n) is 10.7. The van der Waals surface area contributed by atoms with Gasteiger partial charge in [-0.05, 0) is 24.3 Å². The predicted molar refractivity (Wildman–Crippen MR) is 68.9 cm³/mol. The number of carbonyl (C=O) groups is 1. The molecule has 3 nitrogen and oxygen atoms in total. The Labute approximate surface area is 114 Å². The zero-order valence-corrected chi connectivity index (χ0v) is 10.7. The predicted octanol–water partition coefficient (Wildman–Crippen LogP) is 3.74. The van der Waals surface area contributed by atoms with Gasteiger partial charge in [-0.15, -0.1) is 0 Å². The number of carbonyl (C=O) groups excluding carboxylic acids is 1. The van der Waals surface area contributed by atoms with Crippen molar-refractivity contribution in [1.82, 2.24) is 0 Å². The maximum atomic E-state index is 13.7. The lowest BCUT2D eigenvalue weighted by atomic mass is 10.1. The van der Waals surface area contributed by atoms with Gasteiger partial charge in [0.25, 0.3) is 0 Å². The molecule has 0 bridgehead atoms. The van der Waals surface area contributed by atoms with Gasteiger partial charge in [-0.1, -0.05) is 30.3 Å². The SMILES string of the molecule is COC(=O)C(F)(F)c1cccc(Oc2ccccc2)c1. The van der Waals surface area contributed by atoms with E-state index in [0.717, 1.165) is 19.2 Å². The molecule has 2 aromatic carbocycles. The van der Waals surface area contributed by atoms with E-state index in [2.05, 4.69) is 4.74 Å². The lowest BCUT2D eigenvalue weighted by molar-refractivity contribution is -0.170. The zero-order chi connectivity index (χ0) is 14.6. The van der Waals surface area contributed by atoms with Gasteiger partial charge in [-0.2, -0.15) is 8.78 Å². The minimum atomic E-state index is -3.70. The summed E-state index contributed by atoms with van der Waals surface area (Å²) in [6.07, 6.45) is 0. The van der Waals surface area contributed by atoms with Gasteiger partial charge in [0.15, 0.2) is 0 Å². The molecule has 5 heteroatoms. The normalized spacial score (nSPS) is 10.9. The van der Waals surface area contributed by atoms with E-state index in [0.29, 0.717) is 5.75 Å². The topological polar surface area (TPSA) is 35.5 Å². The first-order chi connectivity index (χ1) is 9.54. The Kier molecular flexibility index (Phi) is 3.98. The van der Waals surface area contributed by atoms with Crippen LogP contribution in [0.15, 0.2) is 54.6 Å². The first kappa shape index (κ1) is 14.0. The molecule has 0 spiro atoms. The maximum Gasteiger partial charge on any atom is 0.381 e. The van der Waals surface area contributed by atoms with E-state index >= 15 is 0 Å². The van der Waals surface area contributed by atoms with E-state index in [1.165, 1.54) is 12.1 Å². The maximum absolute atomic E-state index is 13.7. The Morgan fingerprint density at radius 3 is 2.30 bits per heavy atom. The Hall–Kier alpha value is -2.43. The molecule has 2 rings (SSSR count). The fourth-order valence-electron chi connectivity index (χ4n) is 1.63. The molecule has 104 valence electrons. The average Bonchev–Trinajstić information content (AvgIpc) is 2.47. The summed E-state index contributed by atoms with van der Waals surface area (Å²) in [7, 11) is 0.917. The van der Waals surface area contributed by atoms with Crippen LogP contribution >= 0.6 is 0 Å². The molecule has 0 saturated heterocycles. The molecule has 0 atom stereocenters. The Morgan fingerprint density at radius 2 is 1.65 bits per heavy atom. The number of halogens is 2. The average molecular weight is 278 g/mol.